The molecule has 3 N–H and O–H groups in total. The first-order valence-corrected chi connectivity index (χ1v) is 8.36. The number of nitrogens with one attached hydrogen (secondary N) is 1. The van der Waals surface area contributed by atoms with Crippen molar-refractivity contribution in [1.29, 1.82) is 0 Å². The average Bonchev–Trinajstić information content (AvgIpc) is 2.44. The fourth-order valence-electron chi connectivity index (χ4n) is 2.14. The number of ether oxygens (including phenoxy) is 1. The van der Waals surface area contributed by atoms with Crippen LogP contribution in [0.15, 0.2) is 34.0 Å². The summed E-state index contributed by atoms with van der Waals surface area (Å²) < 4.78 is 33.8. The predicted octanol–water partition coefficient (Wildman–Crippen LogP) is 1.49. The quantitative estimate of drug-likeness (QED) is 0.752. The Balaban J connectivity index is 0.00000288. The van der Waals surface area contributed by atoms with Gasteiger partial charge in [-0.25, -0.2) is 4.98 Å². The second-order valence-corrected chi connectivity index (χ2v) is 6.45. The minimum Gasteiger partial charge on any atom is -0.461 e. The molecule has 2 heterocycles. The zero-order valence-electron chi connectivity index (χ0n) is 13.3. The van der Waals surface area contributed by atoms with Gasteiger partial charge in [-0.1, -0.05) is 6.07 Å². The second kappa shape index (κ2) is 8.11. The van der Waals surface area contributed by atoms with E-state index in [1.807, 2.05) is 0 Å². The van der Waals surface area contributed by atoms with Crippen molar-refractivity contribution >= 4 is 40.1 Å². The van der Waals surface area contributed by atoms with Crippen LogP contribution in [-0.2, 0) is 26.3 Å². The van der Waals surface area contributed by atoms with Crippen molar-refractivity contribution in [3.05, 3.63) is 35.2 Å². The molecule has 0 aliphatic carbocycles. The number of hydrogen-bond acceptors (Lipinski definition) is 6. The molecule has 1 aliphatic heterocycles. The summed E-state index contributed by atoms with van der Waals surface area (Å²) in [5.41, 5.74) is 7.78. The highest BCUT2D eigenvalue weighted by Gasteiger charge is 2.20. The van der Waals surface area contributed by atoms with E-state index >= 15 is 0 Å². The van der Waals surface area contributed by atoms with E-state index in [0.29, 0.717) is 29.2 Å². The lowest BCUT2D eigenvalue weighted by atomic mass is 10.0. The van der Waals surface area contributed by atoms with Gasteiger partial charge in [-0.2, -0.15) is 8.42 Å². The standard InChI is InChI=1S/C14H18N4O4S.ClH/c1-9-12(10(2)18-23(20,21)17-9)4-6-14(19)22-8-11-3-5-13(15)16-7-11;/h3,5,7,17H,4,6,8H2,1-2H3,(H2,15,16);1H. The molecule has 8 nitrogen and oxygen atoms in total. The molecular weight excluding hydrogens is 356 g/mol. The van der Waals surface area contributed by atoms with E-state index in [2.05, 4.69) is 14.1 Å². The predicted molar refractivity (Wildman–Crippen MR) is 92.8 cm³/mol. The maximum Gasteiger partial charge on any atom is 0.342 e. The third kappa shape index (κ3) is 5.50. The lowest BCUT2D eigenvalue weighted by molar-refractivity contribution is -0.144. The van der Waals surface area contributed by atoms with Crippen molar-refractivity contribution in [2.24, 2.45) is 4.40 Å². The van der Waals surface area contributed by atoms with E-state index in [1.165, 1.54) is 0 Å². The fourth-order valence-corrected chi connectivity index (χ4v) is 3.16. The van der Waals surface area contributed by atoms with Gasteiger partial charge in [-0.05, 0) is 31.9 Å². The lowest BCUT2D eigenvalue weighted by Crippen LogP contribution is -2.28. The normalized spacial score (nSPS) is 15.8. The molecule has 1 aromatic heterocycles. The Kier molecular flexibility index (Phi) is 6.73. The highest BCUT2D eigenvalue weighted by Crippen LogP contribution is 2.18. The highest BCUT2D eigenvalue weighted by molar-refractivity contribution is 7.88. The number of carbonyl (C=O) groups excluding carboxylic acids is 1. The smallest absolute Gasteiger partial charge is 0.342 e. The molecule has 10 heteroatoms. The molecule has 1 aromatic rings. The van der Waals surface area contributed by atoms with Gasteiger partial charge in [0.05, 0.1) is 5.71 Å². The van der Waals surface area contributed by atoms with E-state index in [0.717, 1.165) is 5.56 Å². The Morgan fingerprint density at radius 2 is 2.04 bits per heavy atom. The van der Waals surface area contributed by atoms with Crippen molar-refractivity contribution in [3.8, 4) is 0 Å². The Labute approximate surface area is 146 Å². The number of hydrogen-bond donors (Lipinski definition) is 2. The second-order valence-electron chi connectivity index (χ2n) is 5.11. The minimum absolute atomic E-state index is 0. The summed E-state index contributed by atoms with van der Waals surface area (Å²) in [4.78, 5) is 15.7. The van der Waals surface area contributed by atoms with E-state index in [1.54, 1.807) is 32.2 Å². The monoisotopic (exact) mass is 374 g/mol. The topological polar surface area (TPSA) is 124 Å². The zero-order valence-corrected chi connectivity index (χ0v) is 14.9. The van der Waals surface area contributed by atoms with Gasteiger partial charge in [0.2, 0.25) is 0 Å². The highest BCUT2D eigenvalue weighted by atomic mass is 35.5. The molecule has 0 atom stereocenters. The first-order chi connectivity index (χ1) is 10.8. The fraction of sp³-hybridized carbons (Fsp3) is 0.357. The summed E-state index contributed by atoms with van der Waals surface area (Å²) in [6.45, 7) is 3.35. The van der Waals surface area contributed by atoms with Crippen molar-refractivity contribution < 1.29 is 17.9 Å². The van der Waals surface area contributed by atoms with Crippen molar-refractivity contribution in [1.82, 2.24) is 9.71 Å². The number of nitrogens with zero attached hydrogens (tertiary/aromatic N) is 2. The van der Waals surface area contributed by atoms with Gasteiger partial charge >= 0.3 is 16.2 Å². The first-order valence-electron chi connectivity index (χ1n) is 6.92. The summed E-state index contributed by atoms with van der Waals surface area (Å²) in [6, 6.07) is 3.36. The number of pyridine rings is 1. The molecule has 24 heavy (non-hydrogen) atoms. The van der Waals surface area contributed by atoms with E-state index in [-0.39, 0.29) is 31.4 Å². The Morgan fingerprint density at radius 1 is 1.33 bits per heavy atom. The Bertz CT molecular complexity index is 772. The van der Waals surface area contributed by atoms with Gasteiger partial charge in [0, 0.05) is 23.9 Å². The third-order valence-electron chi connectivity index (χ3n) is 3.26. The summed E-state index contributed by atoms with van der Waals surface area (Å²) in [7, 11) is -3.66. The van der Waals surface area contributed by atoms with Crippen molar-refractivity contribution in [2.75, 3.05) is 5.73 Å². The molecule has 0 radical (unpaired) electrons. The average molecular weight is 375 g/mol. The van der Waals surface area contributed by atoms with E-state index < -0.39 is 10.2 Å². The van der Waals surface area contributed by atoms with Crippen LogP contribution in [0.5, 0.6) is 0 Å². The Morgan fingerprint density at radius 3 is 2.62 bits per heavy atom. The molecule has 0 amide bonds. The minimum atomic E-state index is -3.66. The molecule has 0 saturated carbocycles. The summed E-state index contributed by atoms with van der Waals surface area (Å²) in [5, 5.41) is 0. The third-order valence-corrected chi connectivity index (χ3v) is 4.33. The number of esters is 1. The maximum absolute atomic E-state index is 11.8. The van der Waals surface area contributed by atoms with Crippen LogP contribution in [0.1, 0.15) is 32.3 Å². The van der Waals surface area contributed by atoms with Gasteiger partial charge < -0.3 is 10.5 Å². The number of rotatable bonds is 5. The van der Waals surface area contributed by atoms with Crippen LogP contribution in [0.3, 0.4) is 0 Å². The van der Waals surface area contributed by atoms with Crippen molar-refractivity contribution in [2.45, 2.75) is 33.3 Å². The molecule has 2 rings (SSSR count). The molecule has 132 valence electrons. The van der Waals surface area contributed by atoms with Crippen LogP contribution < -0.4 is 10.5 Å². The molecule has 0 aromatic carbocycles. The molecule has 0 spiro atoms. The van der Waals surface area contributed by atoms with Crippen molar-refractivity contribution in [3.63, 3.8) is 0 Å². The number of nitrogens with two attached hydrogens (primary N) is 1. The molecule has 0 unspecified atom stereocenters. The zero-order chi connectivity index (χ0) is 17.0. The molecule has 1 aliphatic rings. The largest absolute Gasteiger partial charge is 0.461 e. The Hall–Kier alpha value is -2.13. The van der Waals surface area contributed by atoms with Crippen LogP contribution in [0.2, 0.25) is 0 Å². The van der Waals surface area contributed by atoms with Crippen LogP contribution in [0.4, 0.5) is 5.82 Å². The molecule has 0 fully saturated rings. The number of nitrogen functional groups attached to an aromatic ring is 1. The summed E-state index contributed by atoms with van der Waals surface area (Å²) >= 11 is 0. The number of carbonyl (C=O) groups is 1. The maximum atomic E-state index is 11.8. The van der Waals surface area contributed by atoms with Gasteiger partial charge in [-0.3, -0.25) is 9.52 Å². The van der Waals surface area contributed by atoms with Crippen LogP contribution in [-0.4, -0.2) is 25.1 Å². The first kappa shape index (κ1) is 19.9. The van der Waals surface area contributed by atoms with E-state index in [9.17, 15) is 13.2 Å². The molecule has 0 bridgehead atoms. The number of allylic oxidation sites excluding steroid dienone is 2. The van der Waals surface area contributed by atoms with Gasteiger partial charge in [0.15, 0.2) is 0 Å². The summed E-state index contributed by atoms with van der Waals surface area (Å²) in [6.07, 6.45) is 2.02. The van der Waals surface area contributed by atoms with Crippen LogP contribution in [0.25, 0.3) is 0 Å². The number of anilines is 1. The SMILES string of the molecule is CC1=NS(=O)(=O)NC(C)=C1CCC(=O)OCc1ccc(N)nc1.Cl. The van der Waals surface area contributed by atoms with Gasteiger partial charge in [0.25, 0.3) is 0 Å². The number of halogens is 1. The van der Waals surface area contributed by atoms with Gasteiger partial charge in [-0.15, -0.1) is 16.8 Å². The van der Waals surface area contributed by atoms with Crippen LogP contribution in [0, 0.1) is 0 Å². The number of aromatic nitrogens is 1. The van der Waals surface area contributed by atoms with Gasteiger partial charge in [0.1, 0.15) is 12.4 Å². The van der Waals surface area contributed by atoms with E-state index in [4.69, 9.17) is 10.5 Å². The summed E-state index contributed by atoms with van der Waals surface area (Å²) in [5.74, 6) is 0.0142. The molecular formula is C14H19ClN4O4S. The van der Waals surface area contributed by atoms with Crippen LogP contribution >= 0.6 is 12.4 Å². The lowest BCUT2D eigenvalue weighted by Gasteiger charge is -2.17. The molecule has 0 saturated heterocycles.